The first-order valence-corrected chi connectivity index (χ1v) is 11.2. The van der Waals surface area contributed by atoms with Crippen LogP contribution in [-0.2, 0) is 14.3 Å². The number of nitrogens with zero attached hydrogens (tertiary/aromatic N) is 7. The fraction of sp³-hybridized carbons (Fsp3) is 0.545. The molecule has 1 atom stereocenters. The van der Waals surface area contributed by atoms with Crippen molar-refractivity contribution in [2.45, 2.75) is 38.7 Å². The fourth-order valence-corrected chi connectivity index (χ4v) is 5.09. The number of cyclic esters (lactones) is 1. The molecule has 0 aromatic carbocycles. The molecule has 1 amide bonds. The van der Waals surface area contributed by atoms with Gasteiger partial charge in [-0.25, -0.2) is 9.78 Å². The predicted octanol–water partition coefficient (Wildman–Crippen LogP) is 0.544. The van der Waals surface area contributed by atoms with Crippen molar-refractivity contribution in [3.8, 4) is 5.82 Å². The molecule has 0 saturated carbocycles. The number of amides is 1. The van der Waals surface area contributed by atoms with E-state index in [1.807, 2.05) is 13.0 Å². The summed E-state index contributed by atoms with van der Waals surface area (Å²) in [4.78, 5) is 32.6. The van der Waals surface area contributed by atoms with E-state index in [4.69, 9.17) is 4.74 Å². The number of ether oxygens (including phenoxy) is 1. The highest BCUT2D eigenvalue weighted by Gasteiger charge is 2.42. The van der Waals surface area contributed by atoms with Crippen LogP contribution in [0, 0.1) is 12.3 Å². The van der Waals surface area contributed by atoms with Gasteiger partial charge in [0.2, 0.25) is 5.91 Å². The number of rotatable bonds is 5. The van der Waals surface area contributed by atoms with Gasteiger partial charge in [0, 0.05) is 36.8 Å². The highest BCUT2D eigenvalue weighted by atomic mass is 16.5. The lowest BCUT2D eigenvalue weighted by molar-refractivity contribution is -0.139. The van der Waals surface area contributed by atoms with Crippen molar-refractivity contribution < 1.29 is 19.4 Å². The molecule has 11 heteroatoms. The van der Waals surface area contributed by atoms with Gasteiger partial charge in [0.1, 0.15) is 12.9 Å². The third-order valence-electron chi connectivity index (χ3n) is 7.09. The SMILES string of the molecule is Cc1nc(-n2cnnn2)ccc1[C@H](O)CN1CCC2(CC1)CCN(C1=CC(=O)OC1)C(=O)C2. The number of aromatic nitrogens is 5. The molecule has 1 spiro atoms. The number of β-amino-alcohol motifs (C(OH)–C–C–N with tert-alkyl or cyclic N) is 1. The number of hydrogen-bond donors (Lipinski definition) is 1. The van der Waals surface area contributed by atoms with E-state index in [9.17, 15) is 14.7 Å². The molecule has 0 unspecified atom stereocenters. The third-order valence-corrected chi connectivity index (χ3v) is 7.09. The van der Waals surface area contributed by atoms with Gasteiger partial charge in [-0.3, -0.25) is 4.79 Å². The van der Waals surface area contributed by atoms with Gasteiger partial charge >= 0.3 is 5.97 Å². The van der Waals surface area contributed by atoms with Crippen LogP contribution < -0.4 is 0 Å². The van der Waals surface area contributed by atoms with Crippen LogP contribution in [0.1, 0.15) is 43.0 Å². The zero-order valence-electron chi connectivity index (χ0n) is 18.6. The maximum Gasteiger partial charge on any atom is 0.333 e. The maximum atomic E-state index is 12.8. The number of aryl methyl sites for hydroxylation is 1. The van der Waals surface area contributed by atoms with E-state index in [1.54, 1.807) is 11.0 Å². The highest BCUT2D eigenvalue weighted by Crippen LogP contribution is 2.43. The normalized spacial score (nSPS) is 21.9. The van der Waals surface area contributed by atoms with Crippen molar-refractivity contribution in [1.29, 1.82) is 0 Å². The first-order valence-electron chi connectivity index (χ1n) is 11.2. The first-order chi connectivity index (χ1) is 15.9. The number of pyridine rings is 1. The smallest absolute Gasteiger partial charge is 0.333 e. The van der Waals surface area contributed by atoms with Gasteiger partial charge in [-0.05, 0) is 61.2 Å². The summed E-state index contributed by atoms with van der Waals surface area (Å²) in [6.07, 6.45) is 5.51. The lowest BCUT2D eigenvalue weighted by Gasteiger charge is -2.46. The van der Waals surface area contributed by atoms with Crippen molar-refractivity contribution in [3.05, 3.63) is 41.5 Å². The molecule has 1 N–H and O–H groups in total. The molecule has 2 saturated heterocycles. The maximum absolute atomic E-state index is 12.8. The average molecular weight is 454 g/mol. The lowest BCUT2D eigenvalue weighted by atomic mass is 9.71. The topological polar surface area (TPSA) is 127 Å². The van der Waals surface area contributed by atoms with Crippen LogP contribution in [0.2, 0.25) is 0 Å². The van der Waals surface area contributed by atoms with Crippen LogP contribution >= 0.6 is 0 Å². The standard InChI is InChI=1S/C22H27N7O4/c1-15-17(2-3-19(24-15)29-14-23-25-26-29)18(30)12-27-7-4-22(5-8-27)6-9-28(20(31)11-22)16-10-21(32)33-13-16/h2-3,10,14,18,30H,4-9,11-13H2,1H3/t18-/m1/s1. The second-order valence-corrected chi connectivity index (χ2v) is 9.13. The summed E-state index contributed by atoms with van der Waals surface area (Å²) in [6.45, 7) is 4.88. The number of piperidine rings is 2. The molecule has 33 heavy (non-hydrogen) atoms. The molecule has 2 aromatic rings. The zero-order valence-corrected chi connectivity index (χ0v) is 18.6. The number of likely N-dealkylation sites (tertiary alicyclic amines) is 2. The first kappa shape index (κ1) is 21.7. The largest absolute Gasteiger partial charge is 0.456 e. The summed E-state index contributed by atoms with van der Waals surface area (Å²) in [5, 5.41) is 21.9. The van der Waals surface area contributed by atoms with Crippen LogP contribution in [0.5, 0.6) is 0 Å². The van der Waals surface area contributed by atoms with Crippen molar-refractivity contribution in [2.24, 2.45) is 5.41 Å². The van der Waals surface area contributed by atoms with Crippen LogP contribution in [0.15, 0.2) is 30.2 Å². The Labute approximate surface area is 191 Å². The van der Waals surface area contributed by atoms with Gasteiger partial charge < -0.3 is 19.6 Å². The van der Waals surface area contributed by atoms with Gasteiger partial charge in [0.25, 0.3) is 0 Å². The summed E-state index contributed by atoms with van der Waals surface area (Å²) < 4.78 is 6.44. The van der Waals surface area contributed by atoms with Crippen molar-refractivity contribution >= 4 is 11.9 Å². The second-order valence-electron chi connectivity index (χ2n) is 9.13. The van der Waals surface area contributed by atoms with Crippen molar-refractivity contribution in [2.75, 3.05) is 32.8 Å². The number of aliphatic hydroxyl groups is 1. The summed E-state index contributed by atoms with van der Waals surface area (Å²) in [5.74, 6) is 0.303. The van der Waals surface area contributed by atoms with E-state index in [0.29, 0.717) is 31.0 Å². The minimum absolute atomic E-state index is 0.00399. The Bertz CT molecular complexity index is 1080. The van der Waals surface area contributed by atoms with Gasteiger partial charge in [0.15, 0.2) is 5.82 Å². The fourth-order valence-electron chi connectivity index (χ4n) is 5.09. The van der Waals surface area contributed by atoms with Gasteiger partial charge in [0.05, 0.1) is 11.8 Å². The molecular formula is C22H27N7O4. The summed E-state index contributed by atoms with van der Waals surface area (Å²) >= 11 is 0. The molecule has 2 aromatic heterocycles. The third kappa shape index (κ3) is 4.38. The molecule has 3 aliphatic rings. The monoisotopic (exact) mass is 453 g/mol. The molecule has 11 nitrogen and oxygen atoms in total. The number of esters is 1. The molecule has 5 rings (SSSR count). The van der Waals surface area contributed by atoms with Gasteiger partial charge in [-0.1, -0.05) is 6.07 Å². The van der Waals surface area contributed by atoms with E-state index >= 15 is 0 Å². The summed E-state index contributed by atoms with van der Waals surface area (Å²) in [5.41, 5.74) is 2.21. The Balaban J connectivity index is 1.16. The van der Waals surface area contributed by atoms with Crippen LogP contribution in [0.3, 0.4) is 0 Å². The minimum atomic E-state index is -0.648. The molecule has 5 heterocycles. The van der Waals surface area contributed by atoms with E-state index in [2.05, 4.69) is 25.4 Å². The van der Waals surface area contributed by atoms with E-state index in [-0.39, 0.29) is 23.9 Å². The van der Waals surface area contributed by atoms with E-state index in [0.717, 1.165) is 43.6 Å². The minimum Gasteiger partial charge on any atom is -0.456 e. The summed E-state index contributed by atoms with van der Waals surface area (Å²) in [6, 6.07) is 3.67. The van der Waals surface area contributed by atoms with Crippen LogP contribution in [-0.4, -0.2) is 84.8 Å². The Morgan fingerprint density at radius 3 is 2.61 bits per heavy atom. The van der Waals surface area contributed by atoms with Crippen LogP contribution in [0.4, 0.5) is 0 Å². The molecule has 0 radical (unpaired) electrons. The van der Waals surface area contributed by atoms with Crippen molar-refractivity contribution in [1.82, 2.24) is 35.0 Å². The Kier molecular flexibility index (Phi) is 5.67. The van der Waals surface area contributed by atoms with Crippen molar-refractivity contribution in [3.63, 3.8) is 0 Å². The molecule has 2 fully saturated rings. The van der Waals surface area contributed by atoms with Gasteiger partial charge in [-0.2, -0.15) is 4.68 Å². The number of tetrazole rings is 1. The Hall–Kier alpha value is -3.18. The highest BCUT2D eigenvalue weighted by molar-refractivity contribution is 5.88. The zero-order chi connectivity index (χ0) is 23.0. The number of hydrogen-bond acceptors (Lipinski definition) is 9. The molecule has 0 aliphatic carbocycles. The van der Waals surface area contributed by atoms with E-state index < -0.39 is 6.10 Å². The molecule has 0 bridgehead atoms. The lowest BCUT2D eigenvalue weighted by Crippen LogP contribution is -2.49. The Morgan fingerprint density at radius 2 is 1.97 bits per heavy atom. The second kappa shape index (κ2) is 8.64. The quantitative estimate of drug-likeness (QED) is 0.646. The molecular weight excluding hydrogens is 426 g/mol. The number of carbonyl (C=O) groups is 2. The number of aliphatic hydroxyl groups excluding tert-OH is 1. The van der Waals surface area contributed by atoms with Crippen LogP contribution in [0.25, 0.3) is 5.82 Å². The Morgan fingerprint density at radius 1 is 1.18 bits per heavy atom. The number of carbonyl (C=O) groups excluding carboxylic acids is 2. The molecule has 174 valence electrons. The molecule has 3 aliphatic heterocycles. The van der Waals surface area contributed by atoms with Gasteiger partial charge in [-0.15, -0.1) is 5.10 Å². The van der Waals surface area contributed by atoms with E-state index in [1.165, 1.54) is 17.1 Å². The summed E-state index contributed by atoms with van der Waals surface area (Å²) in [7, 11) is 0. The predicted molar refractivity (Wildman–Crippen MR) is 115 cm³/mol. The average Bonchev–Trinajstić information content (AvgIpc) is 3.48.